The van der Waals surface area contributed by atoms with Crippen LogP contribution in [-0.4, -0.2) is 46.4 Å². The van der Waals surface area contributed by atoms with Gasteiger partial charge in [-0.15, -0.1) is 0 Å². The highest BCUT2D eigenvalue weighted by molar-refractivity contribution is 6.04. The van der Waals surface area contributed by atoms with Crippen molar-refractivity contribution in [2.24, 2.45) is 21.1 Å². The van der Waals surface area contributed by atoms with E-state index in [1.807, 2.05) is 184 Å². The van der Waals surface area contributed by atoms with Crippen LogP contribution in [0.1, 0.15) is 138 Å². The molecule has 12 rings (SSSR count). The summed E-state index contributed by atoms with van der Waals surface area (Å²) in [5.41, 5.74) is 14.2. The molecule has 0 saturated heterocycles. The average molecular weight is 1060 g/mol. The average Bonchev–Trinajstić information content (AvgIpc) is 4.56. The topological polar surface area (TPSA) is 141 Å². The maximum atomic E-state index is 12.8. The number of carbonyl (C=O) groups excluding carboxylic acids is 3. The van der Waals surface area contributed by atoms with Gasteiger partial charge in [0.15, 0.2) is 0 Å². The van der Waals surface area contributed by atoms with Crippen molar-refractivity contribution in [3.8, 4) is 0 Å². The van der Waals surface area contributed by atoms with Gasteiger partial charge in [-0.05, 0) is 138 Å². The SMILES string of the molecule is C.CC.CC.CC.Cc1c(C)n(C)c2ccc(NC(=O)C3(c4ccccc4)CC3)nc12.Cc1c(C)n(C)c2cnc(NC(=O)C3(c4ccccc4)CC3)cc12.Cc1c(C)n(C)c2ncc(NC(=O)C3(c4ccccc4)CC3)cc12. The van der Waals surface area contributed by atoms with Gasteiger partial charge in [0.2, 0.25) is 17.7 Å². The molecule has 12 nitrogen and oxygen atoms in total. The van der Waals surface area contributed by atoms with Gasteiger partial charge in [-0.25, -0.2) is 15.0 Å². The second kappa shape index (κ2) is 25.3. The molecule has 9 aromatic rings. The molecule has 3 amide bonds. The molecule has 12 heteroatoms. The number of aromatic nitrogens is 6. The van der Waals surface area contributed by atoms with Crippen LogP contribution in [-0.2, 0) is 51.8 Å². The molecule has 0 atom stereocenters. The molecule has 6 heterocycles. The van der Waals surface area contributed by atoms with Crippen LogP contribution in [0.5, 0.6) is 0 Å². The van der Waals surface area contributed by atoms with Crippen molar-refractivity contribution >= 4 is 68.0 Å². The van der Waals surface area contributed by atoms with E-state index in [9.17, 15) is 14.4 Å². The molecule has 0 unspecified atom stereocenters. The Bertz CT molecular complexity index is 3190. The number of nitrogens with one attached hydrogen (secondary N) is 3. The third kappa shape index (κ3) is 11.8. The van der Waals surface area contributed by atoms with Gasteiger partial charge in [-0.3, -0.25) is 14.4 Å². The largest absolute Gasteiger partial charge is 0.346 e. The minimum absolute atomic E-state index is 0. The molecule has 3 aromatic carbocycles. The van der Waals surface area contributed by atoms with Crippen molar-refractivity contribution in [3.05, 3.63) is 178 Å². The molecular formula is C67H85N9O3. The van der Waals surface area contributed by atoms with E-state index in [2.05, 4.69) is 86.1 Å². The van der Waals surface area contributed by atoms with E-state index >= 15 is 0 Å². The Morgan fingerprint density at radius 1 is 0.443 bits per heavy atom. The molecule has 0 bridgehead atoms. The van der Waals surface area contributed by atoms with Gasteiger partial charge in [0.25, 0.3) is 0 Å². The number of pyridine rings is 3. The Balaban J connectivity index is 0.000000181. The number of rotatable bonds is 9. The molecule has 0 aliphatic heterocycles. The highest BCUT2D eigenvalue weighted by Crippen LogP contribution is 2.51. The Morgan fingerprint density at radius 2 is 0.848 bits per heavy atom. The number of nitrogens with zero attached hydrogens (tertiary/aromatic N) is 6. The molecule has 0 spiro atoms. The van der Waals surface area contributed by atoms with Gasteiger partial charge in [0, 0.05) is 49.0 Å². The van der Waals surface area contributed by atoms with Crippen LogP contribution in [0.25, 0.3) is 33.0 Å². The van der Waals surface area contributed by atoms with Crippen molar-refractivity contribution in [2.75, 3.05) is 16.0 Å². The van der Waals surface area contributed by atoms with E-state index < -0.39 is 0 Å². The van der Waals surface area contributed by atoms with Crippen LogP contribution in [0.3, 0.4) is 0 Å². The summed E-state index contributed by atoms with van der Waals surface area (Å²) < 4.78 is 6.36. The third-order valence-electron chi connectivity index (χ3n) is 16.2. The number of benzene rings is 3. The Morgan fingerprint density at radius 3 is 1.32 bits per heavy atom. The van der Waals surface area contributed by atoms with Crippen molar-refractivity contribution in [3.63, 3.8) is 0 Å². The van der Waals surface area contributed by atoms with Gasteiger partial charge in [-0.2, -0.15) is 0 Å². The maximum Gasteiger partial charge on any atom is 0.236 e. The number of amides is 3. The molecule has 3 fully saturated rings. The van der Waals surface area contributed by atoms with E-state index in [4.69, 9.17) is 0 Å². The van der Waals surface area contributed by atoms with Crippen molar-refractivity contribution in [1.29, 1.82) is 0 Å². The number of anilines is 3. The quantitative estimate of drug-likeness (QED) is 0.131. The normalized spacial score (nSPS) is 14.3. The number of carbonyl (C=O) groups is 3. The Kier molecular flexibility index (Phi) is 19.3. The first kappa shape index (κ1) is 60.4. The van der Waals surface area contributed by atoms with Crippen LogP contribution in [0.15, 0.2) is 128 Å². The lowest BCUT2D eigenvalue weighted by Crippen LogP contribution is -2.28. The van der Waals surface area contributed by atoms with Gasteiger partial charge < -0.3 is 29.7 Å². The van der Waals surface area contributed by atoms with Crippen LogP contribution in [0.2, 0.25) is 0 Å². The first-order chi connectivity index (χ1) is 37.6. The molecule has 79 heavy (non-hydrogen) atoms. The minimum Gasteiger partial charge on any atom is -0.346 e. The first-order valence-electron chi connectivity index (χ1n) is 28.0. The Labute approximate surface area is 469 Å². The fourth-order valence-electron chi connectivity index (χ4n) is 10.4. The van der Waals surface area contributed by atoms with E-state index in [0.29, 0.717) is 11.6 Å². The monoisotopic (exact) mass is 1060 g/mol. The molecule has 0 radical (unpaired) electrons. The lowest BCUT2D eigenvalue weighted by Gasteiger charge is -2.15. The van der Waals surface area contributed by atoms with Gasteiger partial charge in [0.05, 0.1) is 50.9 Å². The van der Waals surface area contributed by atoms with Crippen LogP contribution in [0, 0.1) is 41.5 Å². The van der Waals surface area contributed by atoms with Gasteiger partial charge in [0.1, 0.15) is 17.3 Å². The number of hydrogen-bond donors (Lipinski definition) is 3. The zero-order valence-corrected chi connectivity index (χ0v) is 48.8. The zero-order chi connectivity index (χ0) is 56.7. The van der Waals surface area contributed by atoms with Crippen LogP contribution >= 0.6 is 0 Å². The summed E-state index contributed by atoms with van der Waals surface area (Å²) >= 11 is 0. The molecule has 3 aliphatic rings. The number of fused-ring (bicyclic) bond motifs is 3. The van der Waals surface area contributed by atoms with Crippen LogP contribution < -0.4 is 16.0 Å². The molecule has 3 N–H and O–H groups in total. The lowest BCUT2D eigenvalue weighted by atomic mass is 9.95. The smallest absolute Gasteiger partial charge is 0.236 e. The van der Waals surface area contributed by atoms with Gasteiger partial charge >= 0.3 is 0 Å². The molecule has 416 valence electrons. The van der Waals surface area contributed by atoms with E-state index in [1.54, 1.807) is 6.20 Å². The first-order valence-corrected chi connectivity index (χ1v) is 28.0. The number of aryl methyl sites for hydroxylation is 6. The van der Waals surface area contributed by atoms with Crippen molar-refractivity contribution < 1.29 is 14.4 Å². The Hall–Kier alpha value is -7.86. The van der Waals surface area contributed by atoms with Crippen molar-refractivity contribution in [1.82, 2.24) is 28.7 Å². The second-order valence-electron chi connectivity index (χ2n) is 20.3. The predicted molar refractivity (Wildman–Crippen MR) is 329 cm³/mol. The predicted octanol–water partition coefficient (Wildman–Crippen LogP) is 15.3. The highest BCUT2D eigenvalue weighted by atomic mass is 16.2. The van der Waals surface area contributed by atoms with Crippen LogP contribution in [0.4, 0.5) is 17.3 Å². The second-order valence-corrected chi connectivity index (χ2v) is 20.3. The summed E-state index contributed by atoms with van der Waals surface area (Å²) in [5.74, 6) is 1.42. The fraction of sp³-hybridized carbons (Fsp3) is 0.373. The summed E-state index contributed by atoms with van der Waals surface area (Å²) in [6, 6.07) is 38.0. The third-order valence-corrected chi connectivity index (χ3v) is 16.2. The minimum atomic E-state index is -0.375. The van der Waals surface area contributed by atoms with E-state index in [0.717, 1.165) is 99.4 Å². The molecule has 6 aromatic heterocycles. The molecule has 3 aliphatic carbocycles. The highest BCUT2D eigenvalue weighted by Gasteiger charge is 2.53. The fourth-order valence-corrected chi connectivity index (χ4v) is 10.4. The van der Waals surface area contributed by atoms with Crippen molar-refractivity contribution in [2.45, 2.75) is 145 Å². The standard InChI is InChI=1S/3C20H21N3O.3C2H6.CH4/c1-13-14(2)23(3)17-12-21-18(11-16(13)17)22-19(24)20(9-10-20)15-7-5-4-6-8-15;1-13-14(2)23(3)18-17(13)11-16(12-21-18)22-19(24)20(9-10-20)15-7-5-4-6-8-15;1-13-14(2)23(3)16-9-10-17(21-18(13)16)22-19(24)20(11-12-20)15-7-5-4-6-8-15;3*1-2;/h4-8,11-12H,9-10H2,1-3H3,(H,21,22,24);4-8,11-12H,9-10H2,1-3H3,(H,22,24);4-10H,11-12H2,1-3H3,(H,21,22,24);3*1-2H3;1H4. The van der Waals surface area contributed by atoms with E-state index in [1.165, 1.54) is 28.2 Å². The summed E-state index contributed by atoms with van der Waals surface area (Å²) in [5, 5.41) is 11.4. The summed E-state index contributed by atoms with van der Waals surface area (Å²) in [4.78, 5) is 52.2. The summed E-state index contributed by atoms with van der Waals surface area (Å²) in [7, 11) is 6.10. The summed E-state index contributed by atoms with van der Waals surface area (Å²) in [6.45, 7) is 24.5. The van der Waals surface area contributed by atoms with E-state index in [-0.39, 0.29) is 41.4 Å². The zero-order valence-electron chi connectivity index (χ0n) is 48.8. The lowest BCUT2D eigenvalue weighted by molar-refractivity contribution is -0.119. The summed E-state index contributed by atoms with van der Waals surface area (Å²) in [6.07, 6.45) is 8.99. The van der Waals surface area contributed by atoms with Gasteiger partial charge in [-0.1, -0.05) is 140 Å². The molecular weight excluding hydrogens is 979 g/mol. The number of hydrogen-bond acceptors (Lipinski definition) is 6. The maximum absolute atomic E-state index is 12.8. The molecule has 3 saturated carbocycles.